The fourth-order valence-corrected chi connectivity index (χ4v) is 4.82. The maximum absolute atomic E-state index is 12.1. The number of epoxide rings is 1. The number of allylic oxidation sites excluding steroid dienone is 2. The largest absolute Gasteiger partial charge is 0.373 e. The van der Waals surface area contributed by atoms with E-state index in [9.17, 15) is 9.59 Å². The molecule has 190 valence electrons. The van der Waals surface area contributed by atoms with Crippen molar-refractivity contribution < 1.29 is 23.8 Å². The number of nitrogens with one attached hydrogen (secondary N) is 1. The van der Waals surface area contributed by atoms with Gasteiger partial charge in [-0.15, -0.1) is 0 Å². The zero-order chi connectivity index (χ0) is 24.9. The first-order valence-electron chi connectivity index (χ1n) is 12.4. The standard InChI is InChI=1S/C26H41N3O5/c1-16(5-8-20-13-26(15-32-26)14-21(34-20)12-24(28)30)6-9-23-17(2)11-22(19(4)33-23)29-25(31)10-7-18(3)27/h5-8,10,17-23H,9,11-15,27H2,1-4H3,(H2,28,30)(H,29,31)/b8-5+,10-7+,16-6+/t17-,18?,19+,20+,21+,22+,23-,26-/m0/s1. The Kier molecular flexibility index (Phi) is 9.09. The second kappa shape index (κ2) is 11.6. The highest BCUT2D eigenvalue weighted by atomic mass is 16.6. The fourth-order valence-electron chi connectivity index (χ4n) is 4.82. The summed E-state index contributed by atoms with van der Waals surface area (Å²) in [5.41, 5.74) is 12.0. The van der Waals surface area contributed by atoms with Gasteiger partial charge in [-0.1, -0.05) is 36.8 Å². The van der Waals surface area contributed by atoms with Crippen LogP contribution in [-0.4, -0.2) is 60.5 Å². The molecule has 0 radical (unpaired) electrons. The summed E-state index contributed by atoms with van der Waals surface area (Å²) in [5.74, 6) is -0.165. The molecule has 0 aromatic rings. The molecule has 8 heteroatoms. The number of carbonyl (C=O) groups is 2. The van der Waals surface area contributed by atoms with E-state index in [4.69, 9.17) is 25.7 Å². The quantitative estimate of drug-likeness (QED) is 0.267. The van der Waals surface area contributed by atoms with Crippen LogP contribution in [0.2, 0.25) is 0 Å². The predicted molar refractivity (Wildman–Crippen MR) is 131 cm³/mol. The predicted octanol–water partition coefficient (Wildman–Crippen LogP) is 2.27. The van der Waals surface area contributed by atoms with Gasteiger partial charge in [0, 0.05) is 25.0 Å². The molecule has 0 aliphatic carbocycles. The van der Waals surface area contributed by atoms with Crippen LogP contribution >= 0.6 is 0 Å². The maximum Gasteiger partial charge on any atom is 0.244 e. The zero-order valence-electron chi connectivity index (χ0n) is 20.9. The molecule has 3 heterocycles. The van der Waals surface area contributed by atoms with Crippen LogP contribution < -0.4 is 16.8 Å². The van der Waals surface area contributed by atoms with Crippen molar-refractivity contribution in [1.82, 2.24) is 5.32 Å². The lowest BCUT2D eigenvalue weighted by molar-refractivity contribution is -0.125. The van der Waals surface area contributed by atoms with Crippen molar-refractivity contribution in [3.8, 4) is 0 Å². The molecule has 1 unspecified atom stereocenters. The molecule has 0 saturated carbocycles. The van der Waals surface area contributed by atoms with E-state index < -0.39 is 0 Å². The zero-order valence-corrected chi connectivity index (χ0v) is 20.9. The number of nitrogens with two attached hydrogens (primary N) is 2. The van der Waals surface area contributed by atoms with Crippen LogP contribution in [-0.2, 0) is 23.8 Å². The van der Waals surface area contributed by atoms with Crippen molar-refractivity contribution in [1.29, 1.82) is 0 Å². The fraction of sp³-hybridized carbons (Fsp3) is 0.692. The molecule has 3 fully saturated rings. The topological polar surface area (TPSA) is 129 Å². The Hall–Kier alpha value is -2.00. The Morgan fingerprint density at radius 1 is 1.21 bits per heavy atom. The van der Waals surface area contributed by atoms with Gasteiger partial charge >= 0.3 is 0 Å². The highest BCUT2D eigenvalue weighted by molar-refractivity contribution is 5.87. The van der Waals surface area contributed by atoms with Crippen LogP contribution in [0.15, 0.2) is 36.0 Å². The van der Waals surface area contributed by atoms with E-state index in [0.29, 0.717) is 5.92 Å². The second-order valence-electron chi connectivity index (χ2n) is 10.3. The second-order valence-corrected chi connectivity index (χ2v) is 10.3. The summed E-state index contributed by atoms with van der Waals surface area (Å²) in [4.78, 5) is 23.4. The summed E-state index contributed by atoms with van der Waals surface area (Å²) in [5, 5.41) is 3.04. The van der Waals surface area contributed by atoms with Gasteiger partial charge in [0.15, 0.2) is 0 Å². The molecule has 0 aromatic heterocycles. The minimum atomic E-state index is -0.347. The molecule has 3 rings (SSSR count). The Morgan fingerprint density at radius 3 is 2.59 bits per heavy atom. The van der Waals surface area contributed by atoms with E-state index >= 15 is 0 Å². The van der Waals surface area contributed by atoms with Gasteiger partial charge in [-0.2, -0.15) is 0 Å². The lowest BCUT2D eigenvalue weighted by Crippen LogP contribution is -2.50. The third-order valence-electron chi connectivity index (χ3n) is 6.86. The minimum Gasteiger partial charge on any atom is -0.373 e. The summed E-state index contributed by atoms with van der Waals surface area (Å²) >= 11 is 0. The number of hydrogen-bond donors (Lipinski definition) is 3. The smallest absolute Gasteiger partial charge is 0.244 e. The lowest BCUT2D eigenvalue weighted by Gasteiger charge is -2.39. The molecule has 0 aromatic carbocycles. The molecule has 0 bridgehead atoms. The number of ether oxygens (including phenoxy) is 3. The Bertz CT molecular complexity index is 817. The lowest BCUT2D eigenvalue weighted by atomic mass is 9.88. The molecule has 5 N–H and O–H groups in total. The Morgan fingerprint density at radius 2 is 1.94 bits per heavy atom. The van der Waals surface area contributed by atoms with E-state index in [1.165, 1.54) is 6.08 Å². The first-order valence-corrected chi connectivity index (χ1v) is 12.4. The molecule has 8 nitrogen and oxygen atoms in total. The molecule has 3 aliphatic rings. The van der Waals surface area contributed by atoms with Gasteiger partial charge < -0.3 is 31.0 Å². The normalized spacial score (nSPS) is 37.3. The average Bonchev–Trinajstić information content (AvgIpc) is 3.49. The molecular weight excluding hydrogens is 434 g/mol. The number of hydrogen-bond acceptors (Lipinski definition) is 6. The van der Waals surface area contributed by atoms with Crippen LogP contribution in [0.1, 0.15) is 59.8 Å². The third-order valence-corrected chi connectivity index (χ3v) is 6.86. The molecule has 3 saturated heterocycles. The molecule has 2 amide bonds. The van der Waals surface area contributed by atoms with Crippen molar-refractivity contribution in [3.63, 3.8) is 0 Å². The van der Waals surface area contributed by atoms with Gasteiger partial charge in [0.05, 0.1) is 49.1 Å². The summed E-state index contributed by atoms with van der Waals surface area (Å²) in [6, 6.07) is -0.169. The summed E-state index contributed by atoms with van der Waals surface area (Å²) in [6.07, 6.45) is 12.7. The van der Waals surface area contributed by atoms with Crippen LogP contribution in [0.5, 0.6) is 0 Å². The number of primary amides is 1. The van der Waals surface area contributed by atoms with E-state index in [2.05, 4.69) is 37.4 Å². The highest BCUT2D eigenvalue weighted by Gasteiger charge is 2.51. The molecule has 3 aliphatic heterocycles. The summed E-state index contributed by atoms with van der Waals surface area (Å²) in [6.45, 7) is 8.79. The van der Waals surface area contributed by atoms with Crippen molar-refractivity contribution in [2.24, 2.45) is 17.4 Å². The van der Waals surface area contributed by atoms with E-state index in [1.807, 2.05) is 13.8 Å². The SMILES string of the molecule is CC(/C=C/[C@@H]1C[C@@]2(CO2)C[C@@H](CC(N)=O)O1)=C\C[C@@H]1O[C@H](C)[C@H](NC(=O)/C=C/C(C)N)C[C@@H]1C. The van der Waals surface area contributed by atoms with Gasteiger partial charge in [0.1, 0.15) is 0 Å². The van der Waals surface area contributed by atoms with Crippen molar-refractivity contribution >= 4 is 11.8 Å². The van der Waals surface area contributed by atoms with Crippen LogP contribution in [0.25, 0.3) is 0 Å². The van der Waals surface area contributed by atoms with Gasteiger partial charge in [0.25, 0.3) is 0 Å². The van der Waals surface area contributed by atoms with Crippen LogP contribution in [0.3, 0.4) is 0 Å². The van der Waals surface area contributed by atoms with Crippen LogP contribution in [0, 0.1) is 5.92 Å². The van der Waals surface area contributed by atoms with Gasteiger partial charge in [0.2, 0.25) is 11.8 Å². The molecule has 34 heavy (non-hydrogen) atoms. The van der Waals surface area contributed by atoms with E-state index in [0.717, 1.165) is 37.9 Å². The monoisotopic (exact) mass is 475 g/mol. The third kappa shape index (κ3) is 8.05. The van der Waals surface area contributed by atoms with Crippen molar-refractivity contribution in [3.05, 3.63) is 36.0 Å². The van der Waals surface area contributed by atoms with E-state index in [1.54, 1.807) is 6.08 Å². The van der Waals surface area contributed by atoms with Crippen LogP contribution in [0.4, 0.5) is 0 Å². The number of carbonyl (C=O) groups excluding carboxylic acids is 2. The molecule has 8 atom stereocenters. The summed E-state index contributed by atoms with van der Waals surface area (Å²) < 4.78 is 18.0. The number of amides is 2. The average molecular weight is 476 g/mol. The first-order chi connectivity index (χ1) is 16.0. The van der Waals surface area contributed by atoms with Gasteiger partial charge in [-0.25, -0.2) is 0 Å². The number of rotatable bonds is 9. The van der Waals surface area contributed by atoms with Gasteiger partial charge in [-0.05, 0) is 39.5 Å². The minimum absolute atomic E-state index is 0.0183. The molecular formula is C26H41N3O5. The van der Waals surface area contributed by atoms with E-state index in [-0.39, 0.29) is 60.3 Å². The highest BCUT2D eigenvalue weighted by Crippen LogP contribution is 2.43. The maximum atomic E-state index is 12.1. The van der Waals surface area contributed by atoms with Crippen molar-refractivity contribution in [2.75, 3.05) is 6.61 Å². The first kappa shape index (κ1) is 26.6. The van der Waals surface area contributed by atoms with Gasteiger partial charge in [-0.3, -0.25) is 9.59 Å². The Balaban J connectivity index is 1.49. The van der Waals surface area contributed by atoms with Crippen molar-refractivity contribution in [2.45, 2.75) is 102 Å². The summed E-state index contributed by atoms with van der Waals surface area (Å²) in [7, 11) is 0. The molecule has 1 spiro atoms. The Labute approximate surface area is 203 Å².